The molecule has 1 saturated carbocycles. The van der Waals surface area contributed by atoms with Gasteiger partial charge in [0.15, 0.2) is 0 Å². The molecule has 1 unspecified atom stereocenters. The summed E-state index contributed by atoms with van der Waals surface area (Å²) in [5.41, 5.74) is 7.32. The second kappa shape index (κ2) is 4.21. The number of halogens is 2. The van der Waals surface area contributed by atoms with Crippen LogP contribution >= 0.6 is 27.5 Å². The fourth-order valence-electron chi connectivity index (χ4n) is 1.82. The van der Waals surface area contributed by atoms with Crippen molar-refractivity contribution in [1.29, 1.82) is 0 Å². The van der Waals surface area contributed by atoms with Gasteiger partial charge in [0.25, 0.3) is 0 Å². The van der Waals surface area contributed by atoms with Crippen molar-refractivity contribution in [1.82, 2.24) is 0 Å². The fraction of sp³-hybridized carbons (Fsp3) is 0.455. The van der Waals surface area contributed by atoms with Crippen molar-refractivity contribution < 1.29 is 0 Å². The Kier molecular flexibility index (Phi) is 3.15. The maximum absolute atomic E-state index is 6.18. The highest BCUT2D eigenvalue weighted by atomic mass is 79.9. The number of hydrogen-bond donors (Lipinski definition) is 1. The summed E-state index contributed by atoms with van der Waals surface area (Å²) in [6, 6.07) is 5.95. The molecule has 0 aliphatic heterocycles. The minimum absolute atomic E-state index is 0.136. The maximum Gasteiger partial charge on any atom is 0.0410 e. The van der Waals surface area contributed by atoms with Gasteiger partial charge in [-0.2, -0.15) is 0 Å². The minimum atomic E-state index is 0.136. The van der Waals surface area contributed by atoms with Crippen LogP contribution in [0.15, 0.2) is 22.7 Å². The van der Waals surface area contributed by atoms with Crippen LogP contribution in [0.2, 0.25) is 5.02 Å². The van der Waals surface area contributed by atoms with Crippen LogP contribution < -0.4 is 5.73 Å². The Morgan fingerprint density at radius 3 is 2.71 bits per heavy atom. The van der Waals surface area contributed by atoms with Crippen LogP contribution in [0.4, 0.5) is 0 Å². The first kappa shape index (κ1) is 10.5. The third kappa shape index (κ3) is 1.97. The summed E-state index contributed by atoms with van der Waals surface area (Å²) in [6.45, 7) is 0. The number of benzene rings is 1. The third-order valence-electron chi connectivity index (χ3n) is 2.97. The Balaban J connectivity index is 2.24. The van der Waals surface area contributed by atoms with Crippen LogP contribution in [0.25, 0.3) is 0 Å². The van der Waals surface area contributed by atoms with Crippen molar-refractivity contribution in [3.63, 3.8) is 0 Å². The molecular formula is C11H13BrClN. The van der Waals surface area contributed by atoms with Crippen molar-refractivity contribution in [3.8, 4) is 0 Å². The van der Waals surface area contributed by atoms with Gasteiger partial charge in [0.2, 0.25) is 0 Å². The second-order valence-electron chi connectivity index (χ2n) is 3.88. The molecule has 1 atom stereocenters. The van der Waals surface area contributed by atoms with Gasteiger partial charge in [0.05, 0.1) is 0 Å². The molecule has 0 radical (unpaired) electrons. The van der Waals surface area contributed by atoms with Crippen molar-refractivity contribution in [3.05, 3.63) is 33.3 Å². The lowest BCUT2D eigenvalue weighted by atomic mass is 9.78. The molecule has 76 valence electrons. The van der Waals surface area contributed by atoms with Crippen LogP contribution in [-0.4, -0.2) is 0 Å². The van der Waals surface area contributed by atoms with E-state index in [2.05, 4.69) is 15.9 Å². The smallest absolute Gasteiger partial charge is 0.0410 e. The van der Waals surface area contributed by atoms with Crippen LogP contribution in [0.3, 0.4) is 0 Å². The molecular weight excluding hydrogens is 261 g/mol. The topological polar surface area (TPSA) is 26.0 Å². The van der Waals surface area contributed by atoms with E-state index >= 15 is 0 Å². The lowest BCUT2D eigenvalue weighted by molar-refractivity contribution is 0.264. The highest BCUT2D eigenvalue weighted by Crippen LogP contribution is 2.39. The molecule has 1 aliphatic rings. The quantitative estimate of drug-likeness (QED) is 0.869. The SMILES string of the molecule is NC(c1cc(Cl)ccc1Br)C1CCC1. The summed E-state index contributed by atoms with van der Waals surface area (Å²) in [5, 5.41) is 0.762. The van der Waals surface area contributed by atoms with Gasteiger partial charge in [-0.25, -0.2) is 0 Å². The zero-order valence-corrected chi connectivity index (χ0v) is 10.2. The predicted molar refractivity (Wildman–Crippen MR) is 63.4 cm³/mol. The molecule has 1 nitrogen and oxygen atoms in total. The van der Waals surface area contributed by atoms with Crippen molar-refractivity contribution in [2.75, 3.05) is 0 Å². The van der Waals surface area contributed by atoms with E-state index in [-0.39, 0.29) is 6.04 Å². The molecule has 0 heterocycles. The zero-order chi connectivity index (χ0) is 10.1. The highest BCUT2D eigenvalue weighted by Gasteiger charge is 2.26. The summed E-state index contributed by atoms with van der Waals surface area (Å²) in [7, 11) is 0. The standard InChI is InChI=1S/C11H13BrClN/c12-10-5-4-8(13)6-9(10)11(14)7-2-1-3-7/h4-7,11H,1-3,14H2. The second-order valence-corrected chi connectivity index (χ2v) is 5.17. The average molecular weight is 275 g/mol. The van der Waals surface area contributed by atoms with E-state index in [9.17, 15) is 0 Å². The number of rotatable bonds is 2. The monoisotopic (exact) mass is 273 g/mol. The van der Waals surface area contributed by atoms with Crippen LogP contribution in [-0.2, 0) is 0 Å². The molecule has 1 aromatic rings. The third-order valence-corrected chi connectivity index (χ3v) is 3.93. The summed E-state index contributed by atoms with van der Waals surface area (Å²) in [5.74, 6) is 0.643. The zero-order valence-electron chi connectivity index (χ0n) is 7.84. The molecule has 0 saturated heterocycles. The van der Waals surface area contributed by atoms with Crippen molar-refractivity contribution >= 4 is 27.5 Å². The van der Waals surface area contributed by atoms with Crippen LogP contribution in [0.1, 0.15) is 30.9 Å². The van der Waals surface area contributed by atoms with E-state index in [1.807, 2.05) is 18.2 Å². The van der Waals surface area contributed by atoms with E-state index in [1.54, 1.807) is 0 Å². The predicted octanol–water partition coefficient (Wildman–Crippen LogP) is 3.90. The van der Waals surface area contributed by atoms with Gasteiger partial charge in [0.1, 0.15) is 0 Å². The van der Waals surface area contributed by atoms with Gasteiger partial charge < -0.3 is 5.73 Å². The highest BCUT2D eigenvalue weighted by molar-refractivity contribution is 9.10. The van der Waals surface area contributed by atoms with Gasteiger partial charge in [-0.15, -0.1) is 0 Å². The lowest BCUT2D eigenvalue weighted by Crippen LogP contribution is -2.27. The fourth-order valence-corrected chi connectivity index (χ4v) is 2.51. The molecule has 2 rings (SSSR count). The maximum atomic E-state index is 6.18. The average Bonchev–Trinajstić information content (AvgIpc) is 2.06. The first-order valence-corrected chi connectivity index (χ1v) is 6.06. The molecule has 0 bridgehead atoms. The molecule has 0 aromatic heterocycles. The first-order chi connectivity index (χ1) is 6.68. The Bertz CT molecular complexity index is 336. The van der Waals surface area contributed by atoms with Crippen molar-refractivity contribution in [2.45, 2.75) is 25.3 Å². The summed E-state index contributed by atoms with van der Waals surface area (Å²) in [6.07, 6.45) is 3.82. The number of hydrogen-bond acceptors (Lipinski definition) is 1. The Hall–Kier alpha value is -0.0500. The van der Waals surface area contributed by atoms with Crippen LogP contribution in [0, 0.1) is 5.92 Å². The molecule has 0 spiro atoms. The van der Waals surface area contributed by atoms with E-state index in [0.717, 1.165) is 15.1 Å². The van der Waals surface area contributed by atoms with E-state index in [4.69, 9.17) is 17.3 Å². The Morgan fingerprint density at radius 1 is 1.43 bits per heavy atom. The van der Waals surface area contributed by atoms with E-state index in [1.165, 1.54) is 19.3 Å². The summed E-state index contributed by atoms with van der Waals surface area (Å²) in [4.78, 5) is 0. The summed E-state index contributed by atoms with van der Waals surface area (Å²) >= 11 is 9.46. The van der Waals surface area contributed by atoms with Gasteiger partial charge in [-0.1, -0.05) is 34.0 Å². The molecule has 3 heteroatoms. The first-order valence-electron chi connectivity index (χ1n) is 4.89. The van der Waals surface area contributed by atoms with Crippen molar-refractivity contribution in [2.24, 2.45) is 11.7 Å². The molecule has 1 aromatic carbocycles. The molecule has 1 fully saturated rings. The van der Waals surface area contributed by atoms with Gasteiger partial charge >= 0.3 is 0 Å². The van der Waals surface area contributed by atoms with E-state index in [0.29, 0.717) is 5.92 Å². The Morgan fingerprint density at radius 2 is 2.14 bits per heavy atom. The van der Waals surface area contributed by atoms with Gasteiger partial charge in [0, 0.05) is 15.5 Å². The summed E-state index contributed by atoms with van der Waals surface area (Å²) < 4.78 is 1.07. The normalized spacial score (nSPS) is 19.1. The Labute approximate surface area is 97.8 Å². The van der Waals surface area contributed by atoms with E-state index < -0.39 is 0 Å². The minimum Gasteiger partial charge on any atom is -0.324 e. The van der Waals surface area contributed by atoms with Gasteiger partial charge in [-0.3, -0.25) is 0 Å². The molecule has 1 aliphatic carbocycles. The molecule has 14 heavy (non-hydrogen) atoms. The van der Waals surface area contributed by atoms with Crippen LogP contribution in [0.5, 0.6) is 0 Å². The number of nitrogens with two attached hydrogens (primary N) is 1. The lowest BCUT2D eigenvalue weighted by Gasteiger charge is -2.32. The largest absolute Gasteiger partial charge is 0.324 e. The van der Waals surface area contributed by atoms with Gasteiger partial charge in [-0.05, 0) is 42.5 Å². The molecule has 2 N–H and O–H groups in total. The molecule has 0 amide bonds.